The molecule has 0 aliphatic carbocycles. The van der Waals surface area contributed by atoms with Gasteiger partial charge >= 0.3 is 0 Å². The van der Waals surface area contributed by atoms with Crippen molar-refractivity contribution in [3.63, 3.8) is 0 Å². The summed E-state index contributed by atoms with van der Waals surface area (Å²) in [5.74, 6) is 0.417. The van der Waals surface area contributed by atoms with Gasteiger partial charge in [-0.2, -0.15) is 0 Å². The number of nitrogens with one attached hydrogen (secondary N) is 1. The molecule has 0 spiro atoms. The van der Waals surface area contributed by atoms with Crippen LogP contribution in [0.1, 0.15) is 33.1 Å². The Morgan fingerprint density at radius 2 is 2.05 bits per heavy atom. The molecule has 0 saturated carbocycles. The van der Waals surface area contributed by atoms with Gasteiger partial charge in [-0.1, -0.05) is 13.8 Å². The lowest BCUT2D eigenvalue weighted by Gasteiger charge is -2.18. The van der Waals surface area contributed by atoms with Crippen LogP contribution in [0.15, 0.2) is 0 Å². The van der Waals surface area contributed by atoms with Gasteiger partial charge in [-0.25, -0.2) is 11.6 Å². The third-order valence-electron chi connectivity index (χ3n) is 2.97. The highest BCUT2D eigenvalue weighted by molar-refractivity contribution is 8.20. The molecule has 0 aromatic rings. The number of carbonyl (C=O) groups is 3. The summed E-state index contributed by atoms with van der Waals surface area (Å²) in [4.78, 5) is 35.6. The van der Waals surface area contributed by atoms with Crippen LogP contribution in [0.4, 0.5) is 0 Å². The van der Waals surface area contributed by atoms with Crippen LogP contribution >= 0.6 is 11.6 Å². The SMILES string of the molecule is BSC(C=O)CC(=O)N(C)CCC(=O)NCCC(C)C. The number of carbonyl (C=O) groups excluding carboxylic acids is 3. The van der Waals surface area contributed by atoms with E-state index in [1.807, 2.05) is 0 Å². The van der Waals surface area contributed by atoms with Crippen molar-refractivity contribution in [1.29, 1.82) is 0 Å². The van der Waals surface area contributed by atoms with Crippen LogP contribution in [0.3, 0.4) is 0 Å². The van der Waals surface area contributed by atoms with Crippen molar-refractivity contribution in [1.82, 2.24) is 10.2 Å². The normalized spacial score (nSPS) is 12.0. The molecule has 1 unspecified atom stereocenters. The van der Waals surface area contributed by atoms with Crippen LogP contribution in [0.2, 0.25) is 0 Å². The summed E-state index contributed by atoms with van der Waals surface area (Å²) in [6, 6.07) is 0. The van der Waals surface area contributed by atoms with Gasteiger partial charge < -0.3 is 15.0 Å². The van der Waals surface area contributed by atoms with Crippen LogP contribution < -0.4 is 5.32 Å². The molecule has 5 nitrogen and oxygen atoms in total. The summed E-state index contributed by atoms with van der Waals surface area (Å²) in [5.41, 5.74) is 0. The average molecular weight is 300 g/mol. The van der Waals surface area contributed by atoms with E-state index in [0.29, 0.717) is 25.4 Å². The van der Waals surface area contributed by atoms with Gasteiger partial charge in [0.15, 0.2) is 7.12 Å². The third kappa shape index (κ3) is 9.01. The number of nitrogens with zero attached hydrogens (tertiary/aromatic N) is 1. The monoisotopic (exact) mass is 300 g/mol. The van der Waals surface area contributed by atoms with Gasteiger partial charge in [-0.3, -0.25) is 9.59 Å². The zero-order chi connectivity index (χ0) is 15.5. The molecule has 1 N–H and O–H groups in total. The zero-order valence-corrected chi connectivity index (χ0v) is 13.7. The zero-order valence-electron chi connectivity index (χ0n) is 12.8. The molecule has 0 rings (SSSR count). The number of rotatable bonds is 10. The molecule has 0 fully saturated rings. The number of amides is 2. The van der Waals surface area contributed by atoms with Crippen LogP contribution in [-0.4, -0.2) is 55.5 Å². The Balaban J connectivity index is 3.90. The highest BCUT2D eigenvalue weighted by atomic mass is 32.2. The number of hydrogen-bond acceptors (Lipinski definition) is 4. The predicted molar refractivity (Wildman–Crippen MR) is 85.3 cm³/mol. The molecule has 0 aromatic carbocycles. The van der Waals surface area contributed by atoms with E-state index < -0.39 is 0 Å². The van der Waals surface area contributed by atoms with Crippen LogP contribution in [0.25, 0.3) is 0 Å². The van der Waals surface area contributed by atoms with Crippen molar-refractivity contribution < 1.29 is 14.4 Å². The summed E-state index contributed by atoms with van der Waals surface area (Å²) < 4.78 is 0. The Bertz CT molecular complexity index is 327. The predicted octanol–water partition coefficient (Wildman–Crippen LogP) is 0.236. The minimum atomic E-state index is -0.301. The molecular formula is C13H25BN2O3S. The Hall–Kier alpha value is -0.975. The van der Waals surface area contributed by atoms with Gasteiger partial charge in [0.1, 0.15) is 6.29 Å². The Kier molecular flexibility index (Phi) is 10.2. The fourth-order valence-corrected chi connectivity index (χ4v) is 1.92. The minimum Gasteiger partial charge on any atom is -0.356 e. The highest BCUT2D eigenvalue weighted by Crippen LogP contribution is 2.08. The lowest BCUT2D eigenvalue weighted by molar-refractivity contribution is -0.131. The van der Waals surface area contributed by atoms with Gasteiger partial charge in [-0.05, 0) is 12.3 Å². The molecule has 0 heterocycles. The van der Waals surface area contributed by atoms with Gasteiger partial charge in [0.05, 0.1) is 5.25 Å². The number of hydrogen-bond donors (Lipinski definition) is 1. The van der Waals surface area contributed by atoms with Gasteiger partial charge in [0.25, 0.3) is 0 Å². The second-order valence-corrected chi connectivity index (χ2v) is 6.29. The summed E-state index contributed by atoms with van der Waals surface area (Å²) in [6.07, 6.45) is 2.23. The Labute approximate surface area is 126 Å². The van der Waals surface area contributed by atoms with Crippen molar-refractivity contribution >= 4 is 36.8 Å². The van der Waals surface area contributed by atoms with Gasteiger partial charge in [-0.15, -0.1) is 0 Å². The van der Waals surface area contributed by atoms with E-state index >= 15 is 0 Å². The Morgan fingerprint density at radius 1 is 1.40 bits per heavy atom. The standard InChI is InChI=1S/C13H25BN2O3S/c1-10(2)4-6-15-12(18)5-7-16(3)13(19)8-11(9-17)20-14/h9-11H,4-8,14H2,1-3H3,(H,15,18). The Morgan fingerprint density at radius 3 is 2.55 bits per heavy atom. The van der Waals surface area contributed by atoms with E-state index in [9.17, 15) is 14.4 Å². The van der Waals surface area contributed by atoms with Gasteiger partial charge in [0, 0.05) is 33.0 Å². The van der Waals surface area contributed by atoms with E-state index in [1.54, 1.807) is 14.2 Å². The molecule has 20 heavy (non-hydrogen) atoms. The van der Waals surface area contributed by atoms with Crippen LogP contribution in [0, 0.1) is 5.92 Å². The first kappa shape index (κ1) is 19.0. The quantitative estimate of drug-likeness (QED) is 0.463. The summed E-state index contributed by atoms with van der Waals surface area (Å²) in [5, 5.41) is 2.53. The van der Waals surface area contributed by atoms with E-state index in [4.69, 9.17) is 0 Å². The molecule has 0 saturated heterocycles. The maximum absolute atomic E-state index is 11.8. The fourth-order valence-electron chi connectivity index (χ4n) is 1.50. The number of aldehydes is 1. The van der Waals surface area contributed by atoms with Crippen LogP contribution in [-0.2, 0) is 14.4 Å². The minimum absolute atomic E-state index is 0.0397. The van der Waals surface area contributed by atoms with Crippen molar-refractivity contribution in [3.8, 4) is 0 Å². The molecule has 0 aromatic heterocycles. The summed E-state index contributed by atoms with van der Waals surface area (Å²) >= 11 is 1.36. The molecule has 114 valence electrons. The third-order valence-corrected chi connectivity index (χ3v) is 3.86. The van der Waals surface area contributed by atoms with E-state index in [1.165, 1.54) is 16.5 Å². The summed E-state index contributed by atoms with van der Waals surface area (Å²) in [7, 11) is 3.46. The second-order valence-electron chi connectivity index (χ2n) is 5.21. The smallest absolute Gasteiger partial charge is 0.223 e. The van der Waals surface area contributed by atoms with Crippen molar-refractivity contribution in [3.05, 3.63) is 0 Å². The van der Waals surface area contributed by atoms with E-state index in [2.05, 4.69) is 19.2 Å². The average Bonchev–Trinajstić information content (AvgIpc) is 2.41. The molecule has 0 aliphatic rings. The van der Waals surface area contributed by atoms with Gasteiger partial charge in [0.2, 0.25) is 11.8 Å². The second kappa shape index (κ2) is 10.8. The maximum Gasteiger partial charge on any atom is 0.223 e. The first-order chi connectivity index (χ1) is 9.40. The van der Waals surface area contributed by atoms with E-state index in [0.717, 1.165) is 12.7 Å². The molecule has 0 aliphatic heterocycles. The molecule has 0 bridgehead atoms. The first-order valence-electron chi connectivity index (χ1n) is 6.89. The molecular weight excluding hydrogens is 275 g/mol. The molecule has 2 amide bonds. The first-order valence-corrected chi connectivity index (χ1v) is 8.18. The van der Waals surface area contributed by atoms with E-state index in [-0.39, 0.29) is 23.5 Å². The largest absolute Gasteiger partial charge is 0.356 e. The van der Waals surface area contributed by atoms with Crippen LogP contribution in [0.5, 0.6) is 0 Å². The lowest BCUT2D eigenvalue weighted by atomic mass is 10.1. The summed E-state index contributed by atoms with van der Waals surface area (Å²) in [6.45, 7) is 5.27. The topological polar surface area (TPSA) is 66.5 Å². The lowest BCUT2D eigenvalue weighted by Crippen LogP contribution is -2.34. The fraction of sp³-hybridized carbons (Fsp3) is 0.769. The highest BCUT2D eigenvalue weighted by Gasteiger charge is 2.15. The van der Waals surface area contributed by atoms with Crippen molar-refractivity contribution in [2.24, 2.45) is 5.92 Å². The maximum atomic E-state index is 11.8. The molecule has 1 atom stereocenters. The molecule has 7 heteroatoms. The van der Waals surface area contributed by atoms with Crippen molar-refractivity contribution in [2.45, 2.75) is 38.4 Å². The molecule has 0 radical (unpaired) electrons. The van der Waals surface area contributed by atoms with Crippen molar-refractivity contribution in [2.75, 3.05) is 20.1 Å².